The first-order chi connectivity index (χ1) is 6.88. The molecule has 4 nitrogen and oxygen atoms in total. The quantitative estimate of drug-likeness (QED) is 0.725. The van der Waals surface area contributed by atoms with Gasteiger partial charge in [-0.3, -0.25) is 4.79 Å². The van der Waals surface area contributed by atoms with Crippen molar-refractivity contribution < 1.29 is 4.79 Å². The molecule has 0 bridgehead atoms. The van der Waals surface area contributed by atoms with E-state index in [1.165, 1.54) is 0 Å². The van der Waals surface area contributed by atoms with Gasteiger partial charge in [-0.15, -0.1) is 0 Å². The van der Waals surface area contributed by atoms with Gasteiger partial charge in [-0.1, -0.05) is 0 Å². The Morgan fingerprint density at radius 1 is 1.60 bits per heavy atom. The minimum absolute atomic E-state index is 0.158. The van der Waals surface area contributed by atoms with Gasteiger partial charge in [0, 0.05) is 25.7 Å². The standard InChI is InChI=1S/C11H23N3O/c1-11(2,8-12)14(4)10(15)9-5-6-13(3)7-9/h9H,5-8,12H2,1-4H3. The molecule has 1 atom stereocenters. The van der Waals surface area contributed by atoms with Crippen molar-refractivity contribution in [3.05, 3.63) is 0 Å². The number of hydrogen-bond donors (Lipinski definition) is 1. The van der Waals surface area contributed by atoms with Gasteiger partial charge in [-0.2, -0.15) is 0 Å². The molecule has 0 spiro atoms. The molecule has 0 saturated carbocycles. The van der Waals surface area contributed by atoms with Crippen LogP contribution in [0.15, 0.2) is 0 Å². The number of nitrogens with zero attached hydrogens (tertiary/aromatic N) is 2. The summed E-state index contributed by atoms with van der Waals surface area (Å²) in [6, 6.07) is 0. The third-order valence-electron chi connectivity index (χ3n) is 3.48. The third-order valence-corrected chi connectivity index (χ3v) is 3.48. The molecular weight excluding hydrogens is 190 g/mol. The van der Waals surface area contributed by atoms with Gasteiger partial charge in [-0.05, 0) is 33.9 Å². The Morgan fingerprint density at radius 2 is 2.20 bits per heavy atom. The number of likely N-dealkylation sites (N-methyl/N-ethyl adjacent to an activating group) is 1. The molecule has 88 valence electrons. The summed E-state index contributed by atoms with van der Waals surface area (Å²) in [4.78, 5) is 16.1. The van der Waals surface area contributed by atoms with E-state index in [0.717, 1.165) is 19.5 Å². The highest BCUT2D eigenvalue weighted by molar-refractivity contribution is 5.79. The van der Waals surface area contributed by atoms with Crippen LogP contribution in [0, 0.1) is 5.92 Å². The van der Waals surface area contributed by atoms with E-state index in [1.54, 1.807) is 4.90 Å². The summed E-state index contributed by atoms with van der Waals surface area (Å²) in [7, 11) is 3.91. The maximum atomic E-state index is 12.1. The number of hydrogen-bond acceptors (Lipinski definition) is 3. The summed E-state index contributed by atoms with van der Waals surface area (Å²) in [6.07, 6.45) is 0.973. The smallest absolute Gasteiger partial charge is 0.227 e. The lowest BCUT2D eigenvalue weighted by molar-refractivity contribution is -0.138. The van der Waals surface area contributed by atoms with Gasteiger partial charge in [0.25, 0.3) is 0 Å². The summed E-state index contributed by atoms with van der Waals surface area (Å²) in [5.41, 5.74) is 5.43. The first-order valence-electron chi connectivity index (χ1n) is 5.55. The summed E-state index contributed by atoms with van der Waals surface area (Å²) >= 11 is 0. The summed E-state index contributed by atoms with van der Waals surface area (Å²) < 4.78 is 0. The molecule has 1 aliphatic heterocycles. The SMILES string of the molecule is CN1CCC(C(=O)N(C)C(C)(C)CN)C1. The first-order valence-corrected chi connectivity index (χ1v) is 5.55. The largest absolute Gasteiger partial charge is 0.339 e. The van der Waals surface area contributed by atoms with E-state index in [0.29, 0.717) is 6.54 Å². The maximum absolute atomic E-state index is 12.1. The molecule has 1 aliphatic rings. The lowest BCUT2D eigenvalue weighted by Gasteiger charge is -2.36. The average molecular weight is 213 g/mol. The van der Waals surface area contributed by atoms with Crippen LogP contribution < -0.4 is 5.73 Å². The van der Waals surface area contributed by atoms with Crippen molar-refractivity contribution >= 4 is 5.91 Å². The fourth-order valence-corrected chi connectivity index (χ4v) is 1.85. The zero-order chi connectivity index (χ0) is 11.6. The van der Waals surface area contributed by atoms with Crippen molar-refractivity contribution in [1.82, 2.24) is 9.80 Å². The second kappa shape index (κ2) is 4.49. The van der Waals surface area contributed by atoms with E-state index >= 15 is 0 Å². The molecule has 0 aromatic carbocycles. The van der Waals surface area contributed by atoms with E-state index in [-0.39, 0.29) is 17.4 Å². The second-order valence-corrected chi connectivity index (χ2v) is 5.16. The van der Waals surface area contributed by atoms with Gasteiger partial charge in [0.15, 0.2) is 0 Å². The molecule has 1 fully saturated rings. The van der Waals surface area contributed by atoms with Crippen molar-refractivity contribution in [2.45, 2.75) is 25.8 Å². The minimum Gasteiger partial charge on any atom is -0.339 e. The van der Waals surface area contributed by atoms with Gasteiger partial charge >= 0.3 is 0 Å². The van der Waals surface area contributed by atoms with Crippen molar-refractivity contribution in [2.75, 3.05) is 33.7 Å². The van der Waals surface area contributed by atoms with Crippen LogP contribution in [0.2, 0.25) is 0 Å². The van der Waals surface area contributed by atoms with Crippen LogP contribution in [0.5, 0.6) is 0 Å². The first kappa shape index (κ1) is 12.5. The predicted octanol–water partition coefficient (Wildman–Crippen LogP) is 0.134. The highest BCUT2D eigenvalue weighted by Crippen LogP contribution is 2.20. The predicted molar refractivity (Wildman–Crippen MR) is 61.5 cm³/mol. The van der Waals surface area contributed by atoms with E-state index in [2.05, 4.69) is 11.9 Å². The molecule has 1 rings (SSSR count). The average Bonchev–Trinajstić information content (AvgIpc) is 2.62. The molecule has 1 saturated heterocycles. The molecule has 15 heavy (non-hydrogen) atoms. The molecule has 1 heterocycles. The zero-order valence-corrected chi connectivity index (χ0v) is 10.3. The maximum Gasteiger partial charge on any atom is 0.227 e. The van der Waals surface area contributed by atoms with Crippen molar-refractivity contribution in [3.63, 3.8) is 0 Å². The monoisotopic (exact) mass is 213 g/mol. The summed E-state index contributed by atoms with van der Waals surface area (Å²) in [5.74, 6) is 0.389. The number of rotatable bonds is 3. The van der Waals surface area contributed by atoms with Crippen LogP contribution in [-0.4, -0.2) is 55.0 Å². The zero-order valence-electron chi connectivity index (χ0n) is 10.3. The van der Waals surface area contributed by atoms with E-state index in [1.807, 2.05) is 20.9 Å². The van der Waals surface area contributed by atoms with E-state index in [9.17, 15) is 4.79 Å². The Labute approximate surface area is 92.4 Å². The molecular formula is C11H23N3O. The Bertz CT molecular complexity index is 240. The van der Waals surface area contributed by atoms with E-state index in [4.69, 9.17) is 5.73 Å². The number of likely N-dealkylation sites (tertiary alicyclic amines) is 1. The van der Waals surface area contributed by atoms with Crippen LogP contribution in [0.1, 0.15) is 20.3 Å². The number of amides is 1. The van der Waals surface area contributed by atoms with Crippen LogP contribution >= 0.6 is 0 Å². The van der Waals surface area contributed by atoms with Crippen LogP contribution in [0.4, 0.5) is 0 Å². The summed E-state index contributed by atoms with van der Waals surface area (Å²) in [5, 5.41) is 0. The molecule has 2 N–H and O–H groups in total. The molecule has 1 amide bonds. The fourth-order valence-electron chi connectivity index (χ4n) is 1.85. The number of carbonyl (C=O) groups is 1. The molecule has 1 unspecified atom stereocenters. The van der Waals surface area contributed by atoms with Gasteiger partial charge < -0.3 is 15.5 Å². The third kappa shape index (κ3) is 2.69. The van der Waals surface area contributed by atoms with Gasteiger partial charge in [-0.25, -0.2) is 0 Å². The Balaban J connectivity index is 2.60. The van der Waals surface area contributed by atoms with Gasteiger partial charge in [0.05, 0.1) is 5.92 Å². The topological polar surface area (TPSA) is 49.6 Å². The van der Waals surface area contributed by atoms with Crippen molar-refractivity contribution in [1.29, 1.82) is 0 Å². The van der Waals surface area contributed by atoms with Crippen LogP contribution in [0.3, 0.4) is 0 Å². The fraction of sp³-hybridized carbons (Fsp3) is 0.909. The minimum atomic E-state index is -0.238. The number of nitrogens with two attached hydrogens (primary N) is 1. The molecule has 0 radical (unpaired) electrons. The highest BCUT2D eigenvalue weighted by atomic mass is 16.2. The van der Waals surface area contributed by atoms with Crippen LogP contribution in [0.25, 0.3) is 0 Å². The van der Waals surface area contributed by atoms with Crippen molar-refractivity contribution in [2.24, 2.45) is 11.7 Å². The Hall–Kier alpha value is -0.610. The van der Waals surface area contributed by atoms with Gasteiger partial charge in [0.2, 0.25) is 5.91 Å². The Kier molecular flexibility index (Phi) is 3.73. The normalized spacial score (nSPS) is 23.1. The lowest BCUT2D eigenvalue weighted by atomic mass is 10.00. The second-order valence-electron chi connectivity index (χ2n) is 5.16. The molecule has 0 aromatic rings. The molecule has 0 aromatic heterocycles. The van der Waals surface area contributed by atoms with Gasteiger partial charge in [0.1, 0.15) is 0 Å². The number of carbonyl (C=O) groups excluding carboxylic acids is 1. The lowest BCUT2D eigenvalue weighted by Crippen LogP contribution is -2.52. The van der Waals surface area contributed by atoms with Crippen LogP contribution in [-0.2, 0) is 4.79 Å². The van der Waals surface area contributed by atoms with Crippen molar-refractivity contribution in [3.8, 4) is 0 Å². The summed E-state index contributed by atoms with van der Waals surface area (Å²) in [6.45, 7) is 6.40. The molecule has 4 heteroatoms. The molecule has 0 aliphatic carbocycles. The Morgan fingerprint density at radius 3 is 2.60 bits per heavy atom. The highest BCUT2D eigenvalue weighted by Gasteiger charge is 2.33. The van der Waals surface area contributed by atoms with E-state index < -0.39 is 0 Å².